The minimum absolute atomic E-state index is 0.0738. The van der Waals surface area contributed by atoms with E-state index in [-0.39, 0.29) is 30.0 Å². The van der Waals surface area contributed by atoms with Gasteiger partial charge >= 0.3 is 0 Å². The van der Waals surface area contributed by atoms with Gasteiger partial charge in [0.15, 0.2) is 5.69 Å². The lowest BCUT2D eigenvalue weighted by Crippen LogP contribution is -2.58. The van der Waals surface area contributed by atoms with E-state index in [9.17, 15) is 29.1 Å². The van der Waals surface area contributed by atoms with Crippen LogP contribution in [0.4, 0.5) is 4.79 Å². The van der Waals surface area contributed by atoms with Crippen molar-refractivity contribution in [3.8, 4) is 5.75 Å². The summed E-state index contributed by atoms with van der Waals surface area (Å²) in [5.74, 6) is -1.75. The van der Waals surface area contributed by atoms with Crippen LogP contribution in [-0.2, 0) is 20.9 Å². The number of hydrogen-bond donors (Lipinski definition) is 4. The summed E-state index contributed by atoms with van der Waals surface area (Å²) in [6, 6.07) is 12.9. The van der Waals surface area contributed by atoms with Crippen molar-refractivity contribution in [3.63, 3.8) is 0 Å². The van der Waals surface area contributed by atoms with Gasteiger partial charge < -0.3 is 30.3 Å². The third kappa shape index (κ3) is 8.80. The SMILES string of the molecule is Cc1ccc(CNC(=O)[C@H](COc2ccc(C=C3SC(=O)N(C)C3=O)cc2)NC(=O)[C@@H](NC(=O)c2cc(C)on2)[C@@H](C)O)cc1. The molecule has 13 nitrogen and oxygen atoms in total. The van der Waals surface area contributed by atoms with Gasteiger partial charge in [0.2, 0.25) is 11.8 Å². The number of amides is 5. The molecule has 1 aliphatic rings. The van der Waals surface area contributed by atoms with Gasteiger partial charge in [-0.1, -0.05) is 47.1 Å². The van der Waals surface area contributed by atoms with Crippen LogP contribution < -0.4 is 20.7 Å². The summed E-state index contributed by atoms with van der Waals surface area (Å²) >= 11 is 0.845. The largest absolute Gasteiger partial charge is 0.491 e. The molecule has 2 aromatic carbocycles. The van der Waals surface area contributed by atoms with E-state index in [4.69, 9.17) is 9.26 Å². The fourth-order valence-electron chi connectivity index (χ4n) is 4.09. The van der Waals surface area contributed by atoms with Gasteiger partial charge in [-0.2, -0.15) is 0 Å². The molecule has 5 amide bonds. The number of aromatic nitrogens is 1. The molecular formula is C31H33N5O8S. The fraction of sp³-hybridized carbons (Fsp3) is 0.290. The molecule has 1 saturated heterocycles. The zero-order chi connectivity index (χ0) is 32.7. The highest BCUT2D eigenvalue weighted by Crippen LogP contribution is 2.31. The van der Waals surface area contributed by atoms with Gasteiger partial charge in [0.05, 0.1) is 11.0 Å². The van der Waals surface area contributed by atoms with Crippen LogP contribution >= 0.6 is 11.8 Å². The van der Waals surface area contributed by atoms with Gasteiger partial charge in [-0.05, 0) is 61.9 Å². The number of benzene rings is 2. The summed E-state index contributed by atoms with van der Waals surface area (Å²) in [6.45, 7) is 4.77. The van der Waals surface area contributed by atoms with E-state index in [1.54, 1.807) is 37.3 Å². The Morgan fingerprint density at radius 2 is 1.73 bits per heavy atom. The summed E-state index contributed by atoms with van der Waals surface area (Å²) < 4.78 is 10.7. The Morgan fingerprint density at radius 3 is 2.31 bits per heavy atom. The number of aryl methyl sites for hydroxylation is 2. The Labute approximate surface area is 263 Å². The van der Waals surface area contributed by atoms with Crippen LogP contribution in [0.3, 0.4) is 0 Å². The summed E-state index contributed by atoms with van der Waals surface area (Å²) in [6.07, 6.45) is 0.269. The second-order valence-corrected chi connectivity index (χ2v) is 11.4. The summed E-state index contributed by atoms with van der Waals surface area (Å²) in [5, 5.41) is 21.3. The number of aliphatic hydroxyl groups is 1. The lowest BCUT2D eigenvalue weighted by molar-refractivity contribution is -0.132. The molecule has 0 aliphatic carbocycles. The Balaban J connectivity index is 1.45. The van der Waals surface area contributed by atoms with E-state index in [0.717, 1.165) is 27.8 Å². The van der Waals surface area contributed by atoms with Crippen LogP contribution in [-0.4, -0.2) is 75.9 Å². The van der Waals surface area contributed by atoms with E-state index in [0.29, 0.717) is 22.0 Å². The summed E-state index contributed by atoms with van der Waals surface area (Å²) in [7, 11) is 1.41. The van der Waals surface area contributed by atoms with Gasteiger partial charge in [0.25, 0.3) is 17.1 Å². The number of carbonyl (C=O) groups excluding carboxylic acids is 5. The number of carbonyl (C=O) groups is 5. The number of hydrogen-bond acceptors (Lipinski definition) is 10. The molecule has 0 bridgehead atoms. The summed E-state index contributed by atoms with van der Waals surface area (Å²) in [4.78, 5) is 64.4. The molecule has 4 rings (SSSR count). The fourth-order valence-corrected chi connectivity index (χ4v) is 4.92. The smallest absolute Gasteiger partial charge is 0.293 e. The monoisotopic (exact) mass is 635 g/mol. The lowest BCUT2D eigenvalue weighted by atomic mass is 10.1. The average Bonchev–Trinajstić information content (AvgIpc) is 3.56. The van der Waals surface area contributed by atoms with E-state index < -0.39 is 35.9 Å². The maximum Gasteiger partial charge on any atom is 0.293 e. The quantitative estimate of drug-likeness (QED) is 0.216. The number of likely N-dealkylation sites (N-methyl/N-ethyl adjacent to an activating group) is 1. The molecule has 3 aromatic rings. The second-order valence-electron chi connectivity index (χ2n) is 10.4. The number of ether oxygens (including phenoxy) is 1. The first-order valence-electron chi connectivity index (χ1n) is 13.9. The van der Waals surface area contributed by atoms with Gasteiger partial charge in [-0.3, -0.25) is 28.9 Å². The first-order valence-corrected chi connectivity index (χ1v) is 14.7. The van der Waals surface area contributed by atoms with E-state index in [1.165, 1.54) is 20.0 Å². The van der Waals surface area contributed by atoms with E-state index >= 15 is 0 Å². The number of nitrogens with one attached hydrogen (secondary N) is 3. The highest BCUT2D eigenvalue weighted by atomic mass is 32.2. The maximum atomic E-state index is 13.3. The number of thioether (sulfide) groups is 1. The highest BCUT2D eigenvalue weighted by molar-refractivity contribution is 8.18. The lowest BCUT2D eigenvalue weighted by Gasteiger charge is -2.24. The molecule has 236 valence electrons. The van der Waals surface area contributed by atoms with Crippen LogP contribution in [0.15, 0.2) is 64.0 Å². The van der Waals surface area contributed by atoms with Crippen molar-refractivity contribution >= 4 is 46.7 Å². The normalized spacial score (nSPS) is 15.8. The molecule has 3 atom stereocenters. The van der Waals surface area contributed by atoms with Crippen LogP contribution in [0.1, 0.15) is 39.9 Å². The number of imide groups is 1. The van der Waals surface area contributed by atoms with Crippen LogP contribution in [0.25, 0.3) is 6.08 Å². The minimum atomic E-state index is -1.42. The topological polar surface area (TPSA) is 180 Å². The Morgan fingerprint density at radius 1 is 1.04 bits per heavy atom. The van der Waals surface area contributed by atoms with Crippen molar-refractivity contribution in [1.82, 2.24) is 26.0 Å². The Kier molecular flexibility index (Phi) is 10.8. The van der Waals surface area contributed by atoms with Crippen LogP contribution in [0.5, 0.6) is 5.75 Å². The zero-order valence-corrected chi connectivity index (χ0v) is 25.8. The van der Waals surface area contributed by atoms with Crippen molar-refractivity contribution < 1.29 is 38.3 Å². The predicted molar refractivity (Wildman–Crippen MR) is 165 cm³/mol. The highest BCUT2D eigenvalue weighted by Gasteiger charge is 2.32. The number of rotatable bonds is 12. The van der Waals surface area contributed by atoms with Crippen molar-refractivity contribution in [2.45, 2.75) is 45.5 Å². The molecule has 0 unspecified atom stereocenters. The van der Waals surface area contributed by atoms with E-state index in [2.05, 4.69) is 21.1 Å². The van der Waals surface area contributed by atoms with Crippen molar-refractivity contribution in [3.05, 3.63) is 87.6 Å². The molecule has 1 fully saturated rings. The minimum Gasteiger partial charge on any atom is -0.491 e. The van der Waals surface area contributed by atoms with Gasteiger partial charge in [-0.25, -0.2) is 0 Å². The maximum absolute atomic E-state index is 13.3. The molecule has 1 aromatic heterocycles. The standard InChI is InChI=1S/C31H33N5O8S/c1-17-5-7-21(8-6-17)15-32-27(38)24(33-29(40)26(19(3)37)34-28(39)23-13-18(2)44-35-23)16-43-22-11-9-20(10-12-22)14-25-30(41)36(4)31(42)45-25/h5-14,19,24,26,37H,15-16H2,1-4H3,(H,32,38)(H,33,40)(H,34,39)/t19-,24+,26+/m1/s1. The van der Waals surface area contributed by atoms with Crippen LogP contribution in [0.2, 0.25) is 0 Å². The van der Waals surface area contributed by atoms with Crippen molar-refractivity contribution in [2.24, 2.45) is 0 Å². The first-order chi connectivity index (χ1) is 21.4. The third-order valence-corrected chi connectivity index (χ3v) is 7.67. The van der Waals surface area contributed by atoms with Crippen molar-refractivity contribution in [2.75, 3.05) is 13.7 Å². The van der Waals surface area contributed by atoms with Gasteiger partial charge in [-0.15, -0.1) is 0 Å². The number of nitrogens with zero attached hydrogens (tertiary/aromatic N) is 2. The second kappa shape index (κ2) is 14.7. The first kappa shape index (κ1) is 33.0. The Hall–Kier alpha value is -4.95. The zero-order valence-electron chi connectivity index (χ0n) is 25.0. The number of aliphatic hydroxyl groups excluding tert-OH is 1. The average molecular weight is 636 g/mol. The molecule has 0 saturated carbocycles. The van der Waals surface area contributed by atoms with Crippen LogP contribution in [0, 0.1) is 13.8 Å². The summed E-state index contributed by atoms with van der Waals surface area (Å²) in [5.41, 5.74) is 2.48. The van der Waals surface area contributed by atoms with Gasteiger partial charge in [0.1, 0.15) is 30.2 Å². The molecule has 2 heterocycles. The predicted octanol–water partition coefficient (Wildman–Crippen LogP) is 2.32. The molecule has 4 N–H and O–H groups in total. The molecule has 0 radical (unpaired) electrons. The third-order valence-electron chi connectivity index (χ3n) is 6.71. The van der Waals surface area contributed by atoms with Crippen molar-refractivity contribution in [1.29, 1.82) is 0 Å². The molecule has 14 heteroatoms. The molecule has 45 heavy (non-hydrogen) atoms. The Bertz CT molecular complexity index is 1600. The molecule has 1 aliphatic heterocycles. The molecule has 0 spiro atoms. The van der Waals surface area contributed by atoms with Gasteiger partial charge in [0, 0.05) is 19.7 Å². The van der Waals surface area contributed by atoms with E-state index in [1.807, 2.05) is 31.2 Å². The molecular weight excluding hydrogens is 602 g/mol.